The lowest BCUT2D eigenvalue weighted by Gasteiger charge is -2.28. The summed E-state index contributed by atoms with van der Waals surface area (Å²) in [6.07, 6.45) is 4.92. The van der Waals surface area contributed by atoms with Gasteiger partial charge in [0, 0.05) is 19.3 Å². The highest BCUT2D eigenvalue weighted by molar-refractivity contribution is 6.45. The molecule has 2 N–H and O–H groups in total. The van der Waals surface area contributed by atoms with Crippen molar-refractivity contribution in [3.63, 3.8) is 0 Å². The molecular weight excluding hydrogens is 490 g/mol. The van der Waals surface area contributed by atoms with Crippen LogP contribution in [0.5, 0.6) is 5.75 Å². The lowest BCUT2D eigenvalue weighted by Crippen LogP contribution is -2.40. The number of likely N-dealkylation sites (tertiary alicyclic amines) is 1. The minimum atomic E-state index is -1.30. The minimum Gasteiger partial charge on any atom is -0.494 e. The summed E-state index contributed by atoms with van der Waals surface area (Å²) in [5.41, 5.74) is 2.80. The van der Waals surface area contributed by atoms with E-state index in [0.29, 0.717) is 42.4 Å². The van der Waals surface area contributed by atoms with Crippen molar-refractivity contribution < 1.29 is 24.2 Å². The van der Waals surface area contributed by atoms with Crippen LogP contribution in [-0.4, -0.2) is 72.6 Å². The molecular formula is C26H21N7O5. The number of aromatic carboxylic acids is 1. The number of aromatic amines is 1. The molecule has 1 aromatic carbocycles. The van der Waals surface area contributed by atoms with E-state index in [9.17, 15) is 19.6 Å². The molecule has 1 saturated heterocycles. The average Bonchev–Trinajstić information content (AvgIpc) is 3.62. The highest BCUT2D eigenvalue weighted by Gasteiger charge is 2.30. The summed E-state index contributed by atoms with van der Waals surface area (Å²) in [4.78, 5) is 50.2. The Hall–Kier alpha value is -5.31. The first-order chi connectivity index (χ1) is 18.4. The summed E-state index contributed by atoms with van der Waals surface area (Å²) >= 11 is 0. The van der Waals surface area contributed by atoms with Gasteiger partial charge in [-0.15, -0.1) is 5.10 Å². The second-order valence-electron chi connectivity index (χ2n) is 8.50. The van der Waals surface area contributed by atoms with Gasteiger partial charge in [0.2, 0.25) is 0 Å². The van der Waals surface area contributed by atoms with Crippen LogP contribution in [0.2, 0.25) is 0 Å². The van der Waals surface area contributed by atoms with Gasteiger partial charge >= 0.3 is 5.97 Å². The number of nitriles is 1. The molecule has 4 heterocycles. The molecule has 0 aliphatic carbocycles. The summed E-state index contributed by atoms with van der Waals surface area (Å²) < 4.78 is 6.56. The molecule has 12 nitrogen and oxygen atoms in total. The number of hydrogen-bond donors (Lipinski definition) is 2. The number of amides is 1. The number of carbonyl (C=O) groups is 3. The van der Waals surface area contributed by atoms with Crippen LogP contribution >= 0.6 is 0 Å². The number of Topliss-reactive ketones (excluding diaryl/α,β-unsaturated/α-hetero) is 1. The molecule has 0 saturated carbocycles. The Morgan fingerprint density at radius 3 is 2.50 bits per heavy atom. The van der Waals surface area contributed by atoms with Crippen molar-refractivity contribution in [2.45, 2.75) is 12.8 Å². The molecule has 0 unspecified atom stereocenters. The lowest BCUT2D eigenvalue weighted by atomic mass is 9.93. The highest BCUT2D eigenvalue weighted by Crippen LogP contribution is 2.32. The number of H-pyrrole nitrogens is 1. The number of ketones is 1. The average molecular weight is 511 g/mol. The van der Waals surface area contributed by atoms with E-state index < -0.39 is 23.5 Å². The highest BCUT2D eigenvalue weighted by atomic mass is 16.5. The molecule has 3 aromatic heterocycles. The first-order valence-electron chi connectivity index (χ1n) is 11.6. The SMILES string of the molecule is COc1cnc(-n2cnc(C(=O)O)n2)c2[nH]cc(C(=O)C(=O)N3CCC(=C(C#N)c4ccccc4)CC3)c12. The zero-order chi connectivity index (χ0) is 26.8. The van der Waals surface area contributed by atoms with Crippen LogP contribution in [0.25, 0.3) is 22.3 Å². The van der Waals surface area contributed by atoms with Gasteiger partial charge < -0.3 is 19.7 Å². The molecule has 190 valence electrons. The number of benzene rings is 1. The number of nitrogens with zero attached hydrogens (tertiary/aromatic N) is 6. The molecule has 1 aliphatic heterocycles. The number of carboxylic acid groups (broad SMARTS) is 1. The number of methoxy groups -OCH3 is 1. The maximum Gasteiger partial charge on any atom is 0.375 e. The Morgan fingerprint density at radius 1 is 1.13 bits per heavy atom. The van der Waals surface area contributed by atoms with Crippen molar-refractivity contribution in [1.82, 2.24) is 29.6 Å². The van der Waals surface area contributed by atoms with E-state index in [4.69, 9.17) is 9.84 Å². The second-order valence-corrected chi connectivity index (χ2v) is 8.50. The number of aromatic nitrogens is 5. The largest absolute Gasteiger partial charge is 0.494 e. The number of rotatable bonds is 6. The number of fused-ring (bicyclic) bond motifs is 1. The van der Waals surface area contributed by atoms with Crippen molar-refractivity contribution in [2.24, 2.45) is 0 Å². The van der Waals surface area contributed by atoms with E-state index in [1.165, 1.54) is 30.7 Å². The molecule has 0 spiro atoms. The summed E-state index contributed by atoms with van der Waals surface area (Å²) in [6, 6.07) is 11.7. The van der Waals surface area contributed by atoms with Crippen LogP contribution in [0.1, 0.15) is 39.4 Å². The Bertz CT molecular complexity index is 1640. The molecule has 1 aliphatic rings. The normalized spacial score (nSPS) is 13.3. The first kappa shape index (κ1) is 24.4. The van der Waals surface area contributed by atoms with Gasteiger partial charge in [0.1, 0.15) is 12.1 Å². The number of carboxylic acids is 1. The third-order valence-electron chi connectivity index (χ3n) is 6.40. The van der Waals surface area contributed by atoms with Crippen LogP contribution < -0.4 is 4.74 Å². The number of pyridine rings is 1. The van der Waals surface area contributed by atoms with Crippen molar-refractivity contribution in [3.05, 3.63) is 71.6 Å². The van der Waals surface area contributed by atoms with Crippen LogP contribution in [-0.2, 0) is 4.79 Å². The number of hydrogen-bond acceptors (Lipinski definition) is 8. The molecule has 38 heavy (non-hydrogen) atoms. The number of allylic oxidation sites excluding steroid dienone is 1. The van der Waals surface area contributed by atoms with Crippen LogP contribution in [0.4, 0.5) is 0 Å². The van der Waals surface area contributed by atoms with Crippen LogP contribution in [0.3, 0.4) is 0 Å². The Kier molecular flexibility index (Phi) is 6.40. The lowest BCUT2D eigenvalue weighted by molar-refractivity contribution is -0.126. The summed E-state index contributed by atoms with van der Waals surface area (Å²) in [7, 11) is 1.41. The molecule has 1 amide bonds. The van der Waals surface area contributed by atoms with Crippen LogP contribution in [0.15, 0.2) is 54.6 Å². The van der Waals surface area contributed by atoms with Gasteiger partial charge in [0.05, 0.1) is 41.4 Å². The zero-order valence-electron chi connectivity index (χ0n) is 20.2. The number of ether oxygens (including phenoxy) is 1. The van der Waals surface area contributed by atoms with E-state index in [2.05, 4.69) is 26.1 Å². The molecule has 4 aromatic rings. The Labute approximate surface area is 215 Å². The fraction of sp³-hybridized carbons (Fsp3) is 0.192. The molecule has 1 fully saturated rings. The van der Waals surface area contributed by atoms with E-state index in [-0.39, 0.29) is 17.1 Å². The van der Waals surface area contributed by atoms with Crippen molar-refractivity contribution in [2.75, 3.05) is 20.2 Å². The second kappa shape index (κ2) is 9.98. The van der Waals surface area contributed by atoms with Crippen LogP contribution in [0, 0.1) is 11.3 Å². The predicted molar refractivity (Wildman–Crippen MR) is 134 cm³/mol. The summed E-state index contributed by atoms with van der Waals surface area (Å²) in [5, 5.41) is 23.0. The number of nitrogens with one attached hydrogen (secondary N) is 1. The van der Waals surface area contributed by atoms with E-state index in [1.807, 2.05) is 30.3 Å². The fourth-order valence-corrected chi connectivity index (χ4v) is 4.52. The smallest absolute Gasteiger partial charge is 0.375 e. The molecule has 12 heteroatoms. The number of carbonyl (C=O) groups excluding carboxylic acids is 2. The van der Waals surface area contributed by atoms with Gasteiger partial charge in [-0.3, -0.25) is 9.59 Å². The van der Waals surface area contributed by atoms with E-state index >= 15 is 0 Å². The van der Waals surface area contributed by atoms with Crippen molar-refractivity contribution in [3.8, 4) is 17.6 Å². The Balaban J connectivity index is 1.42. The predicted octanol–water partition coefficient (Wildman–Crippen LogP) is 2.63. The third-order valence-corrected chi connectivity index (χ3v) is 6.40. The summed E-state index contributed by atoms with van der Waals surface area (Å²) in [5.74, 6) is -2.68. The minimum absolute atomic E-state index is 0.0902. The number of piperidine rings is 1. The molecule has 0 radical (unpaired) electrons. The van der Waals surface area contributed by atoms with Gasteiger partial charge in [-0.2, -0.15) is 9.94 Å². The van der Waals surface area contributed by atoms with Gasteiger partial charge in [-0.1, -0.05) is 30.3 Å². The Morgan fingerprint density at radius 2 is 1.87 bits per heavy atom. The maximum absolute atomic E-state index is 13.4. The topological polar surface area (TPSA) is 167 Å². The first-order valence-corrected chi connectivity index (χ1v) is 11.6. The standard InChI is InChI=1S/C26H21N7O5/c1-38-19-13-29-24(33-14-30-23(31-33)26(36)37)21-20(19)18(12-28-21)22(34)25(35)32-9-7-16(8-10-32)17(11-27)15-5-3-2-4-6-15/h2-6,12-14,28H,7-10H2,1H3,(H,36,37). The summed E-state index contributed by atoms with van der Waals surface area (Å²) in [6.45, 7) is 0.613. The van der Waals surface area contributed by atoms with E-state index in [0.717, 1.165) is 15.8 Å². The van der Waals surface area contributed by atoms with E-state index in [1.54, 1.807) is 0 Å². The zero-order valence-corrected chi connectivity index (χ0v) is 20.2. The quantitative estimate of drug-likeness (QED) is 0.225. The fourth-order valence-electron chi connectivity index (χ4n) is 4.52. The van der Waals surface area contributed by atoms with Gasteiger partial charge in [0.25, 0.3) is 17.5 Å². The third kappa shape index (κ3) is 4.26. The van der Waals surface area contributed by atoms with Crippen molar-refractivity contribution in [1.29, 1.82) is 5.26 Å². The van der Waals surface area contributed by atoms with Crippen molar-refractivity contribution >= 4 is 34.1 Å². The maximum atomic E-state index is 13.4. The van der Waals surface area contributed by atoms with Gasteiger partial charge in [-0.05, 0) is 24.0 Å². The molecule has 5 rings (SSSR count). The van der Waals surface area contributed by atoms with Gasteiger partial charge in [0.15, 0.2) is 5.82 Å². The molecule has 0 bridgehead atoms. The molecule has 0 atom stereocenters. The van der Waals surface area contributed by atoms with Gasteiger partial charge in [-0.25, -0.2) is 14.8 Å². The monoisotopic (exact) mass is 511 g/mol.